The fourth-order valence-corrected chi connectivity index (χ4v) is 3.15. The third kappa shape index (κ3) is 5.85. The van der Waals surface area contributed by atoms with Gasteiger partial charge in [-0.1, -0.05) is 72.8 Å². The van der Waals surface area contributed by atoms with Gasteiger partial charge in [0.2, 0.25) is 5.91 Å². The minimum absolute atomic E-state index is 0.0662. The van der Waals surface area contributed by atoms with Crippen LogP contribution in [0.25, 0.3) is 0 Å². The van der Waals surface area contributed by atoms with E-state index in [1.165, 1.54) is 12.1 Å². The Balaban J connectivity index is 1.64. The van der Waals surface area contributed by atoms with E-state index < -0.39 is 16.7 Å². The van der Waals surface area contributed by atoms with Gasteiger partial charge in [0.15, 0.2) is 0 Å². The van der Waals surface area contributed by atoms with Gasteiger partial charge in [0.05, 0.1) is 23.1 Å². The SMILES string of the molecule is C/C(=N\NC(=O)CNC(=O)C(c1ccccc1)c1ccccc1)c1cccc([N+](=O)[O-])c1. The molecular formula is C24H22N4O4. The van der Waals surface area contributed by atoms with Crippen molar-refractivity contribution in [3.8, 4) is 0 Å². The van der Waals surface area contributed by atoms with Gasteiger partial charge in [-0.2, -0.15) is 5.10 Å². The fraction of sp³-hybridized carbons (Fsp3) is 0.125. The van der Waals surface area contributed by atoms with E-state index in [4.69, 9.17) is 0 Å². The number of nitrogens with one attached hydrogen (secondary N) is 2. The molecule has 32 heavy (non-hydrogen) atoms. The molecular weight excluding hydrogens is 408 g/mol. The molecule has 3 rings (SSSR count). The summed E-state index contributed by atoms with van der Waals surface area (Å²) in [6.07, 6.45) is 0. The van der Waals surface area contributed by atoms with Crippen LogP contribution in [0.4, 0.5) is 5.69 Å². The molecule has 0 saturated heterocycles. The number of hydrazone groups is 1. The van der Waals surface area contributed by atoms with Crippen LogP contribution in [-0.2, 0) is 9.59 Å². The lowest BCUT2D eigenvalue weighted by atomic mass is 9.90. The molecule has 162 valence electrons. The first kappa shape index (κ1) is 22.4. The first-order chi connectivity index (χ1) is 15.5. The summed E-state index contributed by atoms with van der Waals surface area (Å²) in [6.45, 7) is 1.36. The lowest BCUT2D eigenvalue weighted by molar-refractivity contribution is -0.384. The zero-order valence-electron chi connectivity index (χ0n) is 17.4. The molecule has 8 nitrogen and oxygen atoms in total. The topological polar surface area (TPSA) is 114 Å². The van der Waals surface area contributed by atoms with Crippen molar-refractivity contribution in [2.45, 2.75) is 12.8 Å². The van der Waals surface area contributed by atoms with E-state index in [0.717, 1.165) is 11.1 Å². The molecule has 0 aliphatic carbocycles. The van der Waals surface area contributed by atoms with E-state index in [9.17, 15) is 19.7 Å². The largest absolute Gasteiger partial charge is 0.346 e. The molecule has 0 fully saturated rings. The molecule has 0 radical (unpaired) electrons. The van der Waals surface area contributed by atoms with Crippen molar-refractivity contribution >= 4 is 23.2 Å². The Morgan fingerprint density at radius 3 is 2.09 bits per heavy atom. The summed E-state index contributed by atoms with van der Waals surface area (Å²) in [5, 5.41) is 17.5. The number of hydrogen-bond acceptors (Lipinski definition) is 5. The second kappa shape index (κ2) is 10.6. The maximum atomic E-state index is 12.9. The molecule has 2 N–H and O–H groups in total. The maximum Gasteiger partial charge on any atom is 0.270 e. The van der Waals surface area contributed by atoms with Crippen molar-refractivity contribution in [1.29, 1.82) is 0 Å². The first-order valence-electron chi connectivity index (χ1n) is 9.91. The lowest BCUT2D eigenvalue weighted by Crippen LogP contribution is -2.38. The number of nitrogens with zero attached hydrogens (tertiary/aromatic N) is 2. The molecule has 0 aromatic heterocycles. The van der Waals surface area contributed by atoms with Crippen LogP contribution in [0.15, 0.2) is 90.0 Å². The lowest BCUT2D eigenvalue weighted by Gasteiger charge is -2.17. The smallest absolute Gasteiger partial charge is 0.270 e. The highest BCUT2D eigenvalue weighted by Crippen LogP contribution is 2.24. The van der Waals surface area contributed by atoms with Crippen LogP contribution in [0.1, 0.15) is 29.5 Å². The van der Waals surface area contributed by atoms with Gasteiger partial charge >= 0.3 is 0 Å². The molecule has 0 unspecified atom stereocenters. The predicted octanol–water partition coefficient (Wildman–Crippen LogP) is 3.38. The van der Waals surface area contributed by atoms with Gasteiger partial charge in [0.25, 0.3) is 11.6 Å². The third-order valence-electron chi connectivity index (χ3n) is 4.77. The van der Waals surface area contributed by atoms with E-state index in [0.29, 0.717) is 11.3 Å². The average Bonchev–Trinajstić information content (AvgIpc) is 2.82. The quantitative estimate of drug-likeness (QED) is 0.324. The molecule has 0 aliphatic rings. The Morgan fingerprint density at radius 2 is 1.53 bits per heavy atom. The maximum absolute atomic E-state index is 12.9. The molecule has 2 amide bonds. The van der Waals surface area contributed by atoms with Crippen molar-refractivity contribution in [1.82, 2.24) is 10.7 Å². The molecule has 8 heteroatoms. The Labute approximate surface area is 185 Å². The fourth-order valence-electron chi connectivity index (χ4n) is 3.15. The van der Waals surface area contributed by atoms with Gasteiger partial charge in [-0.05, 0) is 18.1 Å². The standard InChI is InChI=1S/C24H22N4O4/c1-17(20-13-8-14-21(15-20)28(31)32)26-27-22(29)16-25-24(30)23(18-9-4-2-5-10-18)19-11-6-3-7-12-19/h2-15,23H,16H2,1H3,(H,25,30)(H,27,29)/b26-17+. The van der Waals surface area contributed by atoms with Crippen LogP contribution in [0.2, 0.25) is 0 Å². The number of nitro benzene ring substituents is 1. The molecule has 0 aliphatic heterocycles. The molecule has 0 spiro atoms. The van der Waals surface area contributed by atoms with E-state index in [2.05, 4.69) is 15.8 Å². The van der Waals surface area contributed by atoms with Crippen molar-refractivity contribution in [3.05, 3.63) is 112 Å². The van der Waals surface area contributed by atoms with Crippen LogP contribution in [0.3, 0.4) is 0 Å². The van der Waals surface area contributed by atoms with Crippen LogP contribution in [0, 0.1) is 10.1 Å². The highest BCUT2D eigenvalue weighted by Gasteiger charge is 2.22. The number of nitro groups is 1. The molecule has 3 aromatic carbocycles. The number of carbonyl (C=O) groups excluding carboxylic acids is 2. The van der Waals surface area contributed by atoms with Crippen LogP contribution < -0.4 is 10.7 Å². The Bertz CT molecular complexity index is 1090. The summed E-state index contributed by atoms with van der Waals surface area (Å²) in [4.78, 5) is 35.5. The van der Waals surface area contributed by atoms with E-state index in [-0.39, 0.29) is 18.1 Å². The summed E-state index contributed by atoms with van der Waals surface area (Å²) in [5.74, 6) is -1.37. The summed E-state index contributed by atoms with van der Waals surface area (Å²) < 4.78 is 0. The van der Waals surface area contributed by atoms with Gasteiger partial charge in [-0.15, -0.1) is 0 Å². The first-order valence-corrected chi connectivity index (χ1v) is 9.91. The van der Waals surface area contributed by atoms with Crippen molar-refractivity contribution < 1.29 is 14.5 Å². The second-order valence-corrected chi connectivity index (χ2v) is 7.01. The zero-order valence-corrected chi connectivity index (χ0v) is 17.4. The molecule has 0 atom stereocenters. The third-order valence-corrected chi connectivity index (χ3v) is 4.77. The van der Waals surface area contributed by atoms with E-state index >= 15 is 0 Å². The van der Waals surface area contributed by atoms with Gasteiger partial charge in [0, 0.05) is 17.7 Å². The minimum Gasteiger partial charge on any atom is -0.346 e. The Hall–Kier alpha value is -4.33. The van der Waals surface area contributed by atoms with E-state index in [1.54, 1.807) is 19.1 Å². The Kier molecular flexibility index (Phi) is 7.42. The van der Waals surface area contributed by atoms with Crippen LogP contribution in [-0.4, -0.2) is 29.0 Å². The molecule has 0 saturated carbocycles. The summed E-state index contributed by atoms with van der Waals surface area (Å²) >= 11 is 0. The highest BCUT2D eigenvalue weighted by molar-refractivity contribution is 6.00. The zero-order chi connectivity index (χ0) is 22.9. The van der Waals surface area contributed by atoms with Crippen molar-refractivity contribution in [2.24, 2.45) is 5.10 Å². The average molecular weight is 430 g/mol. The van der Waals surface area contributed by atoms with Crippen LogP contribution >= 0.6 is 0 Å². The summed E-state index contributed by atoms with van der Waals surface area (Å²) in [7, 11) is 0. The number of non-ortho nitro benzene ring substituents is 1. The summed E-state index contributed by atoms with van der Waals surface area (Å²) in [5.41, 5.74) is 4.85. The van der Waals surface area contributed by atoms with Crippen LogP contribution in [0.5, 0.6) is 0 Å². The van der Waals surface area contributed by atoms with Gasteiger partial charge in [-0.25, -0.2) is 5.43 Å². The van der Waals surface area contributed by atoms with Gasteiger partial charge in [0.1, 0.15) is 0 Å². The highest BCUT2D eigenvalue weighted by atomic mass is 16.6. The van der Waals surface area contributed by atoms with Crippen molar-refractivity contribution in [3.63, 3.8) is 0 Å². The number of benzene rings is 3. The van der Waals surface area contributed by atoms with E-state index in [1.807, 2.05) is 60.7 Å². The molecule has 0 heterocycles. The number of amides is 2. The van der Waals surface area contributed by atoms with Gasteiger partial charge in [-0.3, -0.25) is 19.7 Å². The minimum atomic E-state index is -0.555. The summed E-state index contributed by atoms with van der Waals surface area (Å²) in [6, 6.07) is 24.6. The monoisotopic (exact) mass is 430 g/mol. The number of hydrogen-bond donors (Lipinski definition) is 2. The number of carbonyl (C=O) groups is 2. The van der Waals surface area contributed by atoms with Gasteiger partial charge < -0.3 is 5.32 Å². The second-order valence-electron chi connectivity index (χ2n) is 7.01. The van der Waals surface area contributed by atoms with Crippen molar-refractivity contribution in [2.75, 3.05) is 6.54 Å². The predicted molar refractivity (Wildman–Crippen MR) is 121 cm³/mol. The molecule has 0 bridgehead atoms. The Morgan fingerprint density at radius 1 is 0.938 bits per heavy atom. The normalized spacial score (nSPS) is 11.1. The molecule has 3 aromatic rings. The number of rotatable bonds is 8.